The Labute approximate surface area is 496 Å². The first kappa shape index (κ1) is 62.8. The number of benzene rings is 6. The van der Waals surface area contributed by atoms with Gasteiger partial charge in [0.15, 0.2) is 37.0 Å². The molecule has 0 bridgehead atoms. The molecule has 0 aromatic heterocycles. The summed E-state index contributed by atoms with van der Waals surface area (Å²) >= 11 is 0. The first-order chi connectivity index (χ1) is 41.5. The van der Waals surface area contributed by atoms with Crippen molar-refractivity contribution in [1.29, 1.82) is 0 Å². The molecule has 6 aromatic rings. The van der Waals surface area contributed by atoms with E-state index in [0.717, 1.165) is 33.4 Å². The fraction of sp³-hybridized carbons (Fsp3) is 0.418. The second-order valence-corrected chi connectivity index (χ2v) is 21.1. The molecule has 85 heavy (non-hydrogen) atoms. The second-order valence-electron chi connectivity index (χ2n) is 21.1. The Morgan fingerprint density at radius 2 is 0.647 bits per heavy atom. The molecule has 3 aliphatic rings. The Hall–Kier alpha value is -6.75. The van der Waals surface area contributed by atoms with E-state index in [4.69, 9.17) is 66.3 Å². The number of hydrogen-bond donors (Lipinski definition) is 1. The fourth-order valence-electron chi connectivity index (χ4n) is 10.7. The van der Waals surface area contributed by atoms with Crippen molar-refractivity contribution in [3.05, 3.63) is 215 Å². The van der Waals surface area contributed by atoms with Crippen LogP contribution in [0.5, 0.6) is 0 Å². The van der Waals surface area contributed by atoms with Crippen LogP contribution >= 0.6 is 0 Å². The van der Waals surface area contributed by atoms with E-state index in [2.05, 4.69) is 0 Å². The highest BCUT2D eigenvalue weighted by Crippen LogP contribution is 2.39. The van der Waals surface area contributed by atoms with Crippen molar-refractivity contribution < 1.29 is 85.8 Å². The number of hydrogen-bond acceptors (Lipinski definition) is 18. The van der Waals surface area contributed by atoms with Crippen LogP contribution in [0.4, 0.5) is 0 Å². The second kappa shape index (κ2) is 32.1. The first-order valence-electron chi connectivity index (χ1n) is 28.7. The van der Waals surface area contributed by atoms with E-state index in [-0.39, 0.29) is 52.9 Å². The van der Waals surface area contributed by atoms with Gasteiger partial charge in [-0.2, -0.15) is 0 Å². The summed E-state index contributed by atoms with van der Waals surface area (Å²) in [6.45, 7) is 5.39. The number of ether oxygens (including phenoxy) is 14. The minimum atomic E-state index is -1.66. The van der Waals surface area contributed by atoms with Crippen molar-refractivity contribution in [3.63, 3.8) is 0 Å². The van der Waals surface area contributed by atoms with Gasteiger partial charge in [0.2, 0.25) is 0 Å². The van der Waals surface area contributed by atoms with Gasteiger partial charge in [-0.25, -0.2) is 0 Å². The van der Waals surface area contributed by atoms with Gasteiger partial charge in [-0.1, -0.05) is 182 Å². The number of carbonyl (C=O) groups is 3. The smallest absolute Gasteiger partial charge is 0.303 e. The molecular formula is C67H76O18. The lowest BCUT2D eigenvalue weighted by Gasteiger charge is -2.51. The standard InChI is InChI=1S/C67H76O18/c1-44-57(74-38-50-27-15-7-16-28-50)61(58(54(35-68)78-44)75-39-51-29-17-8-18-30-51)84-67-65(63(80-46(3)70)60(77-41-53-33-21-10-22-34-53)56(83-67)43-73-37-49-25-13-6-14-26-49)85-66-64(81-47(4)71)62(79-45(2)69)59(76-40-52-31-19-9-20-32-52)55(82-66)42-72-36-48-23-11-5-12-24-48/h5-34,44,54-68H,35-43H2,1-4H3/t44-,54?,55?,56?,57?,58-,59+,60+,61-,62?,63?,64?,65?,66-,67-/m1/s1. The van der Waals surface area contributed by atoms with E-state index in [0.29, 0.717) is 0 Å². The zero-order chi connectivity index (χ0) is 59.3. The maximum Gasteiger partial charge on any atom is 0.303 e. The molecule has 452 valence electrons. The topological polar surface area (TPSA) is 201 Å². The molecule has 3 fully saturated rings. The van der Waals surface area contributed by atoms with E-state index >= 15 is 0 Å². The fourth-order valence-corrected chi connectivity index (χ4v) is 10.7. The third kappa shape index (κ3) is 18.1. The van der Waals surface area contributed by atoms with Gasteiger partial charge in [0, 0.05) is 20.8 Å². The normalized spacial score (nSPS) is 27.6. The van der Waals surface area contributed by atoms with Crippen LogP contribution in [-0.4, -0.2) is 135 Å². The molecule has 3 heterocycles. The lowest BCUT2D eigenvalue weighted by Crippen LogP contribution is -2.68. The summed E-state index contributed by atoms with van der Waals surface area (Å²) in [5, 5.41) is 11.1. The molecule has 8 unspecified atom stereocenters. The summed E-state index contributed by atoms with van der Waals surface area (Å²) in [5.41, 5.74) is 5.04. The van der Waals surface area contributed by atoms with E-state index in [1.807, 2.05) is 189 Å². The third-order valence-electron chi connectivity index (χ3n) is 14.6. The van der Waals surface area contributed by atoms with Crippen molar-refractivity contribution in [2.24, 2.45) is 0 Å². The molecule has 0 amide bonds. The number of aliphatic hydroxyl groups is 1. The van der Waals surface area contributed by atoms with E-state index in [9.17, 15) is 19.5 Å². The summed E-state index contributed by atoms with van der Waals surface area (Å²) in [6, 6.07) is 57.0. The van der Waals surface area contributed by atoms with Gasteiger partial charge in [0.25, 0.3) is 0 Å². The monoisotopic (exact) mass is 1170 g/mol. The predicted octanol–water partition coefficient (Wildman–Crippen LogP) is 8.56. The van der Waals surface area contributed by atoms with Gasteiger partial charge in [-0.05, 0) is 40.3 Å². The van der Waals surface area contributed by atoms with Crippen molar-refractivity contribution in [1.82, 2.24) is 0 Å². The Bertz CT molecular complexity index is 2910. The van der Waals surface area contributed by atoms with Crippen LogP contribution < -0.4 is 0 Å². The molecule has 0 aliphatic carbocycles. The van der Waals surface area contributed by atoms with E-state index < -0.39 is 116 Å². The summed E-state index contributed by atoms with van der Waals surface area (Å²) in [7, 11) is 0. The average Bonchev–Trinajstić information content (AvgIpc) is 3.32. The van der Waals surface area contributed by atoms with Gasteiger partial charge in [-0.15, -0.1) is 0 Å². The Morgan fingerprint density at radius 1 is 0.353 bits per heavy atom. The Balaban J connectivity index is 1.15. The minimum absolute atomic E-state index is 0.0201. The van der Waals surface area contributed by atoms with Crippen LogP contribution in [0.15, 0.2) is 182 Å². The molecule has 3 saturated heterocycles. The number of carbonyl (C=O) groups excluding carboxylic acids is 3. The SMILES string of the molecule is CC(=O)OC1C(OC(C)=O)[C@@H](OCc2ccccc2)C(COCc2ccccc2)O[C@@H]1OC1C(OC(C)=O)[C@@H](OCc2ccccc2)C(COCc2ccccc2)O[C@@H]1O[C@@H]1C(OCc2ccccc2)[C@@H](C)OC(CO)[C@H]1OCc1ccccc1. The number of rotatable bonds is 28. The van der Waals surface area contributed by atoms with Crippen molar-refractivity contribution in [3.8, 4) is 0 Å². The highest BCUT2D eigenvalue weighted by Gasteiger charge is 2.58. The van der Waals surface area contributed by atoms with E-state index in [1.54, 1.807) is 0 Å². The highest BCUT2D eigenvalue weighted by molar-refractivity contribution is 5.67. The molecule has 0 saturated carbocycles. The number of esters is 3. The average molecular weight is 1170 g/mol. The first-order valence-corrected chi connectivity index (χ1v) is 28.7. The molecule has 0 radical (unpaired) electrons. The van der Waals surface area contributed by atoms with Gasteiger partial charge >= 0.3 is 17.9 Å². The zero-order valence-corrected chi connectivity index (χ0v) is 48.2. The van der Waals surface area contributed by atoms with Crippen LogP contribution in [0.3, 0.4) is 0 Å². The molecule has 3 aliphatic heterocycles. The molecule has 15 atom stereocenters. The summed E-state index contributed by atoms with van der Waals surface area (Å²) in [4.78, 5) is 40.7. The van der Waals surface area contributed by atoms with E-state index in [1.165, 1.54) is 20.8 Å². The summed E-state index contributed by atoms with van der Waals surface area (Å²) < 4.78 is 93.8. The molecule has 6 aromatic carbocycles. The largest absolute Gasteiger partial charge is 0.457 e. The van der Waals surface area contributed by atoms with Gasteiger partial charge < -0.3 is 71.4 Å². The number of aliphatic hydroxyl groups excluding tert-OH is 1. The van der Waals surface area contributed by atoms with Crippen LogP contribution in [-0.2, 0) is 120 Å². The molecule has 9 rings (SSSR count). The maximum absolute atomic E-state index is 13.8. The quantitative estimate of drug-likeness (QED) is 0.0361. The van der Waals surface area contributed by atoms with Crippen molar-refractivity contribution in [2.75, 3.05) is 19.8 Å². The Kier molecular flexibility index (Phi) is 23.7. The van der Waals surface area contributed by atoms with Gasteiger partial charge in [0.05, 0.1) is 65.6 Å². The van der Waals surface area contributed by atoms with Gasteiger partial charge in [-0.3, -0.25) is 14.4 Å². The third-order valence-corrected chi connectivity index (χ3v) is 14.6. The van der Waals surface area contributed by atoms with Gasteiger partial charge in [0.1, 0.15) is 48.8 Å². The molecule has 18 heteroatoms. The molecule has 0 spiro atoms. The zero-order valence-electron chi connectivity index (χ0n) is 48.2. The van der Waals surface area contributed by atoms with Crippen LogP contribution in [0.1, 0.15) is 61.1 Å². The maximum atomic E-state index is 13.8. The van der Waals surface area contributed by atoms with Crippen LogP contribution in [0, 0.1) is 0 Å². The van der Waals surface area contributed by atoms with Crippen LogP contribution in [0.25, 0.3) is 0 Å². The summed E-state index contributed by atoms with van der Waals surface area (Å²) in [6.07, 6.45) is -18.3. The summed E-state index contributed by atoms with van der Waals surface area (Å²) in [5.74, 6) is -2.21. The lowest BCUT2D eigenvalue weighted by atomic mass is 9.93. The van der Waals surface area contributed by atoms with Crippen molar-refractivity contribution >= 4 is 17.9 Å². The molecule has 18 nitrogen and oxygen atoms in total. The highest BCUT2D eigenvalue weighted by atomic mass is 16.8. The Morgan fingerprint density at radius 3 is 1.00 bits per heavy atom. The lowest BCUT2D eigenvalue weighted by molar-refractivity contribution is -0.389. The predicted molar refractivity (Wildman–Crippen MR) is 307 cm³/mol. The van der Waals surface area contributed by atoms with Crippen molar-refractivity contribution in [2.45, 2.75) is 159 Å². The molecule has 1 N–H and O–H groups in total. The van der Waals surface area contributed by atoms with Crippen LogP contribution in [0.2, 0.25) is 0 Å². The molecular weight excluding hydrogens is 1090 g/mol. The minimum Gasteiger partial charge on any atom is -0.457 e.